The van der Waals surface area contributed by atoms with Crippen LogP contribution in [-0.2, 0) is 13.1 Å². The highest BCUT2D eigenvalue weighted by molar-refractivity contribution is 6.34. The van der Waals surface area contributed by atoms with Crippen LogP contribution in [0, 0.1) is 0 Å². The molecule has 2 rings (SSSR count). The highest BCUT2D eigenvalue weighted by Gasteiger charge is 2.08. The Hall–Kier alpha value is -1.59. The topological polar surface area (TPSA) is 52.6 Å². The summed E-state index contributed by atoms with van der Waals surface area (Å²) < 4.78 is 0. The highest BCUT2D eigenvalue weighted by Crippen LogP contribution is 2.20. The van der Waals surface area contributed by atoms with Crippen LogP contribution >= 0.6 is 23.2 Å². The zero-order valence-corrected chi connectivity index (χ0v) is 21.3. The second-order valence-electron chi connectivity index (χ2n) is 8.74. The molecular weight excluding hydrogens is 455 g/mol. The molecule has 1 amide bonds. The number of hydrogen-bond acceptors (Lipinski definition) is 3. The van der Waals surface area contributed by atoms with Gasteiger partial charge in [0.05, 0.1) is 0 Å². The fraction of sp³-hybridized carbons (Fsp3) is 0.519. The second-order valence-corrected chi connectivity index (χ2v) is 9.61. The Morgan fingerprint density at radius 2 is 1.30 bits per heavy atom. The van der Waals surface area contributed by atoms with E-state index in [2.05, 4.69) is 12.2 Å². The number of carbonyl (C=O) groups excluding carboxylic acids is 1. The van der Waals surface area contributed by atoms with Gasteiger partial charge in [-0.15, -0.1) is 0 Å². The Labute approximate surface area is 209 Å². The molecular formula is C27H38Cl2N2O2. The van der Waals surface area contributed by atoms with Crippen molar-refractivity contribution < 1.29 is 10.0 Å². The lowest BCUT2D eigenvalue weighted by atomic mass is 10.1. The average Bonchev–Trinajstić information content (AvgIpc) is 2.77. The van der Waals surface area contributed by atoms with Crippen molar-refractivity contribution in [1.29, 1.82) is 0 Å². The molecule has 0 saturated carbocycles. The second kappa shape index (κ2) is 16.1. The van der Waals surface area contributed by atoms with Gasteiger partial charge in [0, 0.05) is 35.2 Å². The van der Waals surface area contributed by atoms with Crippen molar-refractivity contribution in [1.82, 2.24) is 10.4 Å². The molecule has 0 saturated heterocycles. The number of nitrogens with zero attached hydrogens (tertiary/aromatic N) is 1. The first-order chi connectivity index (χ1) is 16.0. The molecule has 0 atom stereocenters. The number of hydroxylamine groups is 2. The van der Waals surface area contributed by atoms with Gasteiger partial charge in [0.15, 0.2) is 0 Å². The van der Waals surface area contributed by atoms with Crippen molar-refractivity contribution in [3.63, 3.8) is 0 Å². The van der Waals surface area contributed by atoms with Gasteiger partial charge in [-0.1, -0.05) is 100 Å². The number of nitrogens with one attached hydrogen (secondary N) is 1. The van der Waals surface area contributed by atoms with Gasteiger partial charge in [-0.3, -0.25) is 4.79 Å². The van der Waals surface area contributed by atoms with Gasteiger partial charge in [0.1, 0.15) is 0 Å². The van der Waals surface area contributed by atoms with Crippen LogP contribution in [0.2, 0.25) is 10.0 Å². The maximum atomic E-state index is 12.3. The summed E-state index contributed by atoms with van der Waals surface area (Å²) in [5, 5.41) is 15.5. The average molecular weight is 494 g/mol. The Morgan fingerprint density at radius 1 is 0.788 bits per heavy atom. The molecule has 2 aromatic rings. The lowest BCUT2D eigenvalue weighted by Crippen LogP contribution is -2.24. The van der Waals surface area contributed by atoms with Crippen molar-refractivity contribution in [2.75, 3.05) is 6.54 Å². The van der Waals surface area contributed by atoms with E-state index in [4.69, 9.17) is 23.2 Å². The van der Waals surface area contributed by atoms with E-state index in [0.29, 0.717) is 35.2 Å². The first-order valence-corrected chi connectivity index (χ1v) is 13.0. The molecule has 182 valence electrons. The van der Waals surface area contributed by atoms with Crippen molar-refractivity contribution >= 4 is 29.1 Å². The van der Waals surface area contributed by atoms with Gasteiger partial charge in [-0.25, -0.2) is 0 Å². The predicted molar refractivity (Wildman–Crippen MR) is 138 cm³/mol. The van der Waals surface area contributed by atoms with E-state index in [9.17, 15) is 10.0 Å². The number of unbranched alkanes of at least 4 members (excludes halogenated alkanes) is 9. The van der Waals surface area contributed by atoms with Gasteiger partial charge in [-0.2, -0.15) is 5.06 Å². The Balaban J connectivity index is 1.61. The minimum absolute atomic E-state index is 0.0492. The Bertz CT molecular complexity index is 807. The van der Waals surface area contributed by atoms with E-state index >= 15 is 0 Å². The van der Waals surface area contributed by atoms with E-state index in [1.807, 2.05) is 12.1 Å². The predicted octanol–water partition coefficient (Wildman–Crippen LogP) is 8.04. The summed E-state index contributed by atoms with van der Waals surface area (Å²) in [7, 11) is 0. The zero-order valence-electron chi connectivity index (χ0n) is 19.8. The summed E-state index contributed by atoms with van der Waals surface area (Å²) in [6.07, 6.45) is 12.8. The molecule has 0 spiro atoms. The molecule has 33 heavy (non-hydrogen) atoms. The minimum atomic E-state index is -0.0492. The van der Waals surface area contributed by atoms with Gasteiger partial charge < -0.3 is 10.5 Å². The number of hydrogen-bond donors (Lipinski definition) is 2. The lowest BCUT2D eigenvalue weighted by Gasteiger charge is -2.15. The third-order valence-corrected chi connectivity index (χ3v) is 6.12. The SMILES string of the molecule is CCCCCCCCCCCCNC(=O)c1ccc(CN(O)Cc2cc(Cl)cc(Cl)c2)cc1. The normalized spacial score (nSPS) is 11.2. The number of amides is 1. The Kier molecular flexibility index (Phi) is 13.5. The third kappa shape index (κ3) is 11.9. The van der Waals surface area contributed by atoms with E-state index in [0.717, 1.165) is 17.5 Å². The molecule has 2 N–H and O–H groups in total. The maximum Gasteiger partial charge on any atom is 0.251 e. The van der Waals surface area contributed by atoms with Crippen LogP contribution in [0.15, 0.2) is 42.5 Å². The summed E-state index contributed by atoms with van der Waals surface area (Å²) >= 11 is 12.0. The van der Waals surface area contributed by atoms with Gasteiger partial charge in [0.2, 0.25) is 0 Å². The monoisotopic (exact) mass is 492 g/mol. The maximum absolute atomic E-state index is 12.3. The zero-order chi connectivity index (χ0) is 23.9. The fourth-order valence-electron chi connectivity index (χ4n) is 3.86. The highest BCUT2D eigenvalue weighted by atomic mass is 35.5. The molecule has 0 aromatic heterocycles. The van der Waals surface area contributed by atoms with Gasteiger partial charge in [-0.05, 0) is 47.9 Å². The van der Waals surface area contributed by atoms with Crippen LogP contribution in [0.25, 0.3) is 0 Å². The largest absolute Gasteiger partial charge is 0.352 e. The minimum Gasteiger partial charge on any atom is -0.352 e. The van der Waals surface area contributed by atoms with E-state index in [1.54, 1.807) is 30.3 Å². The molecule has 0 heterocycles. The Morgan fingerprint density at radius 3 is 1.88 bits per heavy atom. The molecule has 0 fully saturated rings. The first kappa shape index (κ1) is 27.7. The molecule has 4 nitrogen and oxygen atoms in total. The van der Waals surface area contributed by atoms with Crippen molar-refractivity contribution in [2.24, 2.45) is 0 Å². The van der Waals surface area contributed by atoms with E-state index in [-0.39, 0.29) is 5.91 Å². The van der Waals surface area contributed by atoms with Crippen molar-refractivity contribution in [3.05, 3.63) is 69.2 Å². The summed E-state index contributed by atoms with van der Waals surface area (Å²) in [6, 6.07) is 12.5. The lowest BCUT2D eigenvalue weighted by molar-refractivity contribution is -0.108. The van der Waals surface area contributed by atoms with Crippen LogP contribution in [0.4, 0.5) is 0 Å². The number of halogens is 2. The standard InChI is InChI=1S/C27H38Cl2N2O2/c1-2-3-4-5-6-7-8-9-10-11-16-30-27(32)24-14-12-22(13-15-24)20-31(33)21-23-17-25(28)19-26(29)18-23/h12-15,17-19,33H,2-11,16,20-21H2,1H3,(H,30,32). The molecule has 0 radical (unpaired) electrons. The summed E-state index contributed by atoms with van der Waals surface area (Å²) in [5.74, 6) is -0.0492. The fourth-order valence-corrected chi connectivity index (χ4v) is 4.43. The van der Waals surface area contributed by atoms with Gasteiger partial charge >= 0.3 is 0 Å². The van der Waals surface area contributed by atoms with Crippen molar-refractivity contribution in [2.45, 2.75) is 84.2 Å². The third-order valence-electron chi connectivity index (χ3n) is 5.68. The molecule has 0 bridgehead atoms. The quantitative estimate of drug-likeness (QED) is 0.184. The van der Waals surface area contributed by atoms with E-state index < -0.39 is 0 Å². The van der Waals surface area contributed by atoms with Gasteiger partial charge in [0.25, 0.3) is 5.91 Å². The smallest absolute Gasteiger partial charge is 0.251 e. The molecule has 6 heteroatoms. The van der Waals surface area contributed by atoms with Crippen LogP contribution in [0.5, 0.6) is 0 Å². The summed E-state index contributed by atoms with van der Waals surface area (Å²) in [4.78, 5) is 12.3. The number of benzene rings is 2. The summed E-state index contributed by atoms with van der Waals surface area (Å²) in [6.45, 7) is 3.61. The van der Waals surface area contributed by atoms with Crippen LogP contribution in [-0.4, -0.2) is 22.7 Å². The van der Waals surface area contributed by atoms with Crippen molar-refractivity contribution in [3.8, 4) is 0 Å². The van der Waals surface area contributed by atoms with Crippen LogP contribution in [0.1, 0.15) is 92.6 Å². The molecule has 0 aliphatic heterocycles. The summed E-state index contributed by atoms with van der Waals surface area (Å²) in [5.41, 5.74) is 2.38. The molecule has 2 aromatic carbocycles. The molecule has 0 aliphatic rings. The number of carbonyl (C=O) groups is 1. The first-order valence-electron chi connectivity index (χ1n) is 12.2. The number of rotatable bonds is 16. The van der Waals surface area contributed by atoms with E-state index in [1.165, 1.54) is 62.9 Å². The van der Waals surface area contributed by atoms with Crippen LogP contribution < -0.4 is 5.32 Å². The molecule has 0 unspecified atom stereocenters. The van der Waals surface area contributed by atoms with Crippen LogP contribution in [0.3, 0.4) is 0 Å². The molecule has 0 aliphatic carbocycles.